The van der Waals surface area contributed by atoms with E-state index in [9.17, 15) is 24.8 Å². The van der Waals surface area contributed by atoms with Crippen LogP contribution in [0, 0.1) is 18.3 Å². The fourth-order valence-electron chi connectivity index (χ4n) is 7.17. The average molecular weight is 550 g/mol. The van der Waals surface area contributed by atoms with E-state index in [1.807, 2.05) is 24.9 Å². The van der Waals surface area contributed by atoms with E-state index in [4.69, 9.17) is 15.2 Å². The Morgan fingerprint density at radius 1 is 1.23 bits per heavy atom. The zero-order chi connectivity index (χ0) is 29.2. The number of allylic oxidation sites excluding steroid dienone is 2. The molecule has 11 heteroatoms. The Morgan fingerprint density at radius 3 is 2.52 bits per heavy atom. The first-order valence-corrected chi connectivity index (χ1v) is 13.4. The summed E-state index contributed by atoms with van der Waals surface area (Å²) < 4.78 is 10.9. The molecule has 3 aliphatic heterocycles. The smallest absolute Gasteiger partial charge is 0.236 e. The lowest BCUT2D eigenvalue weighted by atomic mass is 9.69. The van der Waals surface area contributed by atoms with Crippen molar-refractivity contribution in [1.82, 2.24) is 15.1 Å². The van der Waals surface area contributed by atoms with Crippen LogP contribution in [-0.4, -0.2) is 90.4 Å². The summed E-state index contributed by atoms with van der Waals surface area (Å²) in [5.41, 5.74) is 9.01. The molecule has 4 N–H and O–H groups in total. The van der Waals surface area contributed by atoms with Crippen LogP contribution in [-0.2, 0) is 25.5 Å². The number of nitriles is 1. The highest BCUT2D eigenvalue weighted by atomic mass is 16.5. The largest absolute Gasteiger partial charge is 0.504 e. The number of carbonyl (C=O) groups is 3. The zero-order valence-electron chi connectivity index (χ0n) is 23.6. The van der Waals surface area contributed by atoms with Gasteiger partial charge in [0.2, 0.25) is 11.7 Å². The molecule has 1 fully saturated rings. The van der Waals surface area contributed by atoms with Crippen LogP contribution in [0.15, 0.2) is 28.5 Å². The molecule has 212 valence electrons. The first-order chi connectivity index (χ1) is 19.0. The number of likely N-dealkylation sites (N-methyl/N-ethyl adjacent to an activating group) is 1. The van der Waals surface area contributed by atoms with Crippen LogP contribution in [0.25, 0.3) is 0 Å². The van der Waals surface area contributed by atoms with Crippen molar-refractivity contribution >= 4 is 17.5 Å². The molecule has 3 heterocycles. The summed E-state index contributed by atoms with van der Waals surface area (Å²) in [6.45, 7) is 4.97. The number of nitrogens with one attached hydrogen (secondary N) is 1. The van der Waals surface area contributed by atoms with Gasteiger partial charge in [-0.3, -0.25) is 24.2 Å². The molecular formula is C29H35N5O6. The van der Waals surface area contributed by atoms with Crippen molar-refractivity contribution in [3.63, 3.8) is 0 Å². The number of phenols is 1. The quantitative estimate of drug-likeness (QED) is 0.448. The zero-order valence-corrected chi connectivity index (χ0v) is 23.6. The summed E-state index contributed by atoms with van der Waals surface area (Å²) >= 11 is 0. The maximum atomic E-state index is 13.8. The number of rotatable bonds is 5. The van der Waals surface area contributed by atoms with Crippen molar-refractivity contribution in [2.24, 2.45) is 5.73 Å². The van der Waals surface area contributed by atoms with Crippen molar-refractivity contribution in [2.75, 3.05) is 27.8 Å². The highest BCUT2D eigenvalue weighted by Crippen LogP contribution is 2.53. The molecule has 1 unspecified atom stereocenters. The summed E-state index contributed by atoms with van der Waals surface area (Å²) in [4.78, 5) is 44.1. The number of benzene rings is 1. The number of hydrogen-bond donors (Lipinski definition) is 3. The Balaban J connectivity index is 1.72. The van der Waals surface area contributed by atoms with Gasteiger partial charge >= 0.3 is 0 Å². The number of Topliss-reactive ketones (excluding diaryl/α,β-unsaturated/α-hetero) is 2. The molecule has 4 aliphatic rings. The molecule has 0 saturated carbocycles. The molecule has 1 aliphatic carbocycles. The molecule has 5 rings (SSSR count). The molecule has 1 amide bonds. The van der Waals surface area contributed by atoms with E-state index < -0.39 is 41.9 Å². The van der Waals surface area contributed by atoms with Gasteiger partial charge in [-0.2, -0.15) is 5.26 Å². The van der Waals surface area contributed by atoms with Gasteiger partial charge in [-0.25, -0.2) is 0 Å². The molecular weight excluding hydrogens is 514 g/mol. The highest BCUT2D eigenvalue weighted by Gasteiger charge is 2.57. The Morgan fingerprint density at radius 2 is 1.93 bits per heavy atom. The number of carbonyl (C=O) groups excluding carboxylic acids is 3. The molecule has 6 atom stereocenters. The van der Waals surface area contributed by atoms with Crippen molar-refractivity contribution < 1.29 is 29.0 Å². The van der Waals surface area contributed by atoms with Crippen LogP contribution in [0.4, 0.5) is 0 Å². The van der Waals surface area contributed by atoms with Gasteiger partial charge < -0.3 is 25.6 Å². The summed E-state index contributed by atoms with van der Waals surface area (Å²) in [5.74, 6) is -0.749. The SMILES string of the molecule is COC1=C(C)C(=O)C2=C(C1=O)[C@H](CNC(=O)[C@H](C)N)N1C(C2)[C@H]2c3c(cc(C)c(OC)c3O)C[C@H]([C@@H]1C#N)N2C. The van der Waals surface area contributed by atoms with Crippen LogP contribution in [0.1, 0.15) is 43.0 Å². The fraction of sp³-hybridized carbons (Fsp3) is 0.517. The molecule has 0 radical (unpaired) electrons. The summed E-state index contributed by atoms with van der Waals surface area (Å²) in [6.07, 6.45) is 0.670. The van der Waals surface area contributed by atoms with Crippen LogP contribution >= 0.6 is 0 Å². The molecule has 1 aromatic rings. The molecule has 2 bridgehead atoms. The third kappa shape index (κ3) is 3.85. The predicted octanol–water partition coefficient (Wildman–Crippen LogP) is 0.788. The first kappa shape index (κ1) is 27.8. The molecule has 1 saturated heterocycles. The van der Waals surface area contributed by atoms with Gasteiger partial charge in [-0.15, -0.1) is 0 Å². The van der Waals surface area contributed by atoms with Gasteiger partial charge in [-0.1, -0.05) is 6.07 Å². The maximum Gasteiger partial charge on any atom is 0.236 e. The van der Waals surface area contributed by atoms with E-state index in [0.717, 1.165) is 11.1 Å². The Labute approximate surface area is 233 Å². The van der Waals surface area contributed by atoms with E-state index in [0.29, 0.717) is 23.3 Å². The van der Waals surface area contributed by atoms with Crippen molar-refractivity contribution in [3.8, 4) is 17.6 Å². The third-order valence-corrected chi connectivity index (χ3v) is 8.95. The Bertz CT molecular complexity index is 1420. The second kappa shape index (κ2) is 10.0. The topological polar surface area (TPSA) is 158 Å². The lowest BCUT2D eigenvalue weighted by Gasteiger charge is -2.60. The van der Waals surface area contributed by atoms with E-state index in [1.165, 1.54) is 14.2 Å². The van der Waals surface area contributed by atoms with Crippen LogP contribution in [0.2, 0.25) is 0 Å². The van der Waals surface area contributed by atoms with Crippen molar-refractivity contribution in [1.29, 1.82) is 5.26 Å². The number of phenolic OH excluding ortho intramolecular Hbond substituents is 1. The van der Waals surface area contributed by atoms with E-state index in [2.05, 4.69) is 16.3 Å². The van der Waals surface area contributed by atoms with Crippen LogP contribution in [0.5, 0.6) is 11.5 Å². The number of piperazine rings is 1. The minimum atomic E-state index is -0.787. The van der Waals surface area contributed by atoms with Gasteiger partial charge in [0.25, 0.3) is 0 Å². The standard InChI is InChI=1S/C29H35N5O6/c1-12-7-15-8-17-19(10-30)34-18(23(33(17)4)21(15)25(36)27(12)39-5)9-16-22(20(34)11-32-29(38)14(3)31)26(37)28(40-6)13(2)24(16)35/h7,14,17-20,23,36H,8-9,11,31H2,1-6H3,(H,32,38)/t14-,17+,18?,19-,20-,23-/m0/s1. The number of aromatic hydroxyl groups is 1. The number of nitrogens with zero attached hydrogens (tertiary/aromatic N) is 3. The van der Waals surface area contributed by atoms with Gasteiger partial charge in [0, 0.05) is 40.9 Å². The normalized spacial score (nSPS) is 28.8. The highest BCUT2D eigenvalue weighted by molar-refractivity contribution is 6.25. The van der Waals surface area contributed by atoms with Gasteiger partial charge in [0.05, 0.1) is 38.4 Å². The number of aryl methyl sites for hydroxylation is 1. The van der Waals surface area contributed by atoms with Crippen molar-refractivity contribution in [3.05, 3.63) is 45.2 Å². The maximum absolute atomic E-state index is 13.8. The number of amides is 1. The molecule has 11 nitrogen and oxygen atoms in total. The number of methoxy groups -OCH3 is 2. The van der Waals surface area contributed by atoms with E-state index >= 15 is 0 Å². The lowest BCUT2D eigenvalue weighted by Crippen LogP contribution is -2.71. The summed E-state index contributed by atoms with van der Waals surface area (Å²) in [5, 5.41) is 24.8. The average Bonchev–Trinajstić information content (AvgIpc) is 2.91. The van der Waals surface area contributed by atoms with Gasteiger partial charge in [0.15, 0.2) is 23.0 Å². The van der Waals surface area contributed by atoms with Crippen molar-refractivity contribution in [2.45, 2.75) is 69.9 Å². The number of ketones is 2. The first-order valence-electron chi connectivity index (χ1n) is 13.4. The number of hydrogen-bond acceptors (Lipinski definition) is 10. The second-order valence-corrected chi connectivity index (χ2v) is 11.1. The molecule has 0 spiro atoms. The predicted molar refractivity (Wildman–Crippen MR) is 144 cm³/mol. The molecule has 40 heavy (non-hydrogen) atoms. The van der Waals surface area contributed by atoms with Crippen LogP contribution in [0.3, 0.4) is 0 Å². The number of fused-ring (bicyclic) bond motifs is 6. The second-order valence-electron chi connectivity index (χ2n) is 11.1. The van der Waals surface area contributed by atoms with Gasteiger partial charge in [0.1, 0.15) is 6.04 Å². The monoisotopic (exact) mass is 549 g/mol. The van der Waals surface area contributed by atoms with E-state index in [1.54, 1.807) is 13.8 Å². The summed E-state index contributed by atoms with van der Waals surface area (Å²) in [7, 11) is 4.78. The third-order valence-electron chi connectivity index (χ3n) is 8.95. The lowest BCUT2D eigenvalue weighted by molar-refractivity contribution is -0.125. The van der Waals surface area contributed by atoms with Gasteiger partial charge in [-0.05, 0) is 51.8 Å². The molecule has 1 aromatic carbocycles. The number of nitrogens with two attached hydrogens (primary N) is 1. The fourth-order valence-corrected chi connectivity index (χ4v) is 7.17. The summed E-state index contributed by atoms with van der Waals surface area (Å²) in [6, 6.07) is 1.07. The Hall–Kier alpha value is -3.72. The molecule has 0 aromatic heterocycles. The minimum Gasteiger partial charge on any atom is -0.504 e. The van der Waals surface area contributed by atoms with E-state index in [-0.39, 0.29) is 47.4 Å². The number of ether oxygens (including phenoxy) is 2. The minimum absolute atomic E-state index is 0.0256. The van der Waals surface area contributed by atoms with Crippen LogP contribution < -0.4 is 15.8 Å². The Kier molecular flexibility index (Phi) is 6.98.